The van der Waals surface area contributed by atoms with E-state index in [9.17, 15) is 4.79 Å². The molecular weight excluding hydrogens is 630 g/mol. The van der Waals surface area contributed by atoms with Gasteiger partial charge in [0, 0.05) is 5.02 Å². The lowest BCUT2D eigenvalue weighted by Gasteiger charge is -2.11. The number of hydrazone groups is 1. The first-order valence-electron chi connectivity index (χ1n) is 8.80. The standard InChI is InChI=1S/C22H17ClI2N2O3/c1-29-20-5-3-2-4-17(20)22(28)27-26-12-15-10-18(24)21(19(25)11-15)30-13-14-6-8-16(23)9-7-14/h2-12H,13H2,1H3,(H,27,28)/b26-12-. The Morgan fingerprint density at radius 2 is 1.77 bits per heavy atom. The zero-order valence-corrected chi connectivity index (χ0v) is 20.9. The summed E-state index contributed by atoms with van der Waals surface area (Å²) in [6, 6.07) is 18.4. The van der Waals surface area contributed by atoms with Gasteiger partial charge in [0.25, 0.3) is 5.91 Å². The SMILES string of the molecule is COc1ccccc1C(=O)N/N=C\c1cc(I)c(OCc2ccc(Cl)cc2)c(I)c1. The molecule has 0 bridgehead atoms. The predicted octanol–water partition coefficient (Wildman–Crippen LogP) is 5.90. The molecule has 0 aliphatic carbocycles. The summed E-state index contributed by atoms with van der Waals surface area (Å²) in [6.07, 6.45) is 1.60. The maximum atomic E-state index is 12.3. The number of nitrogens with one attached hydrogen (secondary N) is 1. The van der Waals surface area contributed by atoms with Crippen LogP contribution in [0.4, 0.5) is 0 Å². The number of amides is 1. The normalized spacial score (nSPS) is 10.8. The summed E-state index contributed by atoms with van der Waals surface area (Å²) < 4.78 is 13.1. The molecule has 3 rings (SSSR count). The number of para-hydroxylation sites is 1. The van der Waals surface area contributed by atoms with Gasteiger partial charge in [0.2, 0.25) is 0 Å². The van der Waals surface area contributed by atoms with Crippen LogP contribution in [0.5, 0.6) is 11.5 Å². The monoisotopic (exact) mass is 646 g/mol. The fourth-order valence-corrected chi connectivity index (χ4v) is 4.84. The number of halogens is 3. The molecule has 0 aliphatic heterocycles. The summed E-state index contributed by atoms with van der Waals surface area (Å²) in [4.78, 5) is 12.3. The van der Waals surface area contributed by atoms with Crippen molar-refractivity contribution in [3.05, 3.63) is 89.5 Å². The van der Waals surface area contributed by atoms with Crippen LogP contribution in [0.25, 0.3) is 0 Å². The molecule has 5 nitrogen and oxygen atoms in total. The van der Waals surface area contributed by atoms with E-state index in [1.807, 2.05) is 36.4 Å². The summed E-state index contributed by atoms with van der Waals surface area (Å²) in [5.74, 6) is 0.967. The molecule has 3 aromatic carbocycles. The van der Waals surface area contributed by atoms with E-state index in [1.54, 1.807) is 30.5 Å². The Balaban J connectivity index is 1.65. The van der Waals surface area contributed by atoms with E-state index in [0.29, 0.717) is 22.9 Å². The number of carbonyl (C=O) groups excluding carboxylic acids is 1. The van der Waals surface area contributed by atoms with Gasteiger partial charge in [-0.1, -0.05) is 35.9 Å². The smallest absolute Gasteiger partial charge is 0.275 e. The molecule has 0 saturated carbocycles. The molecule has 0 heterocycles. The second-order valence-electron chi connectivity index (χ2n) is 6.13. The molecule has 154 valence electrons. The third-order valence-electron chi connectivity index (χ3n) is 4.05. The van der Waals surface area contributed by atoms with E-state index in [1.165, 1.54) is 7.11 Å². The fraction of sp³-hybridized carbons (Fsp3) is 0.0909. The van der Waals surface area contributed by atoms with Crippen LogP contribution in [-0.4, -0.2) is 19.2 Å². The molecule has 3 aromatic rings. The van der Waals surface area contributed by atoms with Gasteiger partial charge in [0.15, 0.2) is 0 Å². The number of rotatable bonds is 7. The van der Waals surface area contributed by atoms with Gasteiger partial charge in [-0.25, -0.2) is 5.43 Å². The lowest BCUT2D eigenvalue weighted by atomic mass is 10.2. The number of ether oxygens (including phenoxy) is 2. The summed E-state index contributed by atoms with van der Waals surface area (Å²) in [7, 11) is 1.52. The molecule has 30 heavy (non-hydrogen) atoms. The fourth-order valence-electron chi connectivity index (χ4n) is 2.59. The number of carbonyl (C=O) groups is 1. The Morgan fingerprint density at radius 1 is 1.10 bits per heavy atom. The minimum Gasteiger partial charge on any atom is -0.496 e. The Kier molecular flexibility index (Phi) is 8.34. The maximum Gasteiger partial charge on any atom is 0.275 e. The second-order valence-corrected chi connectivity index (χ2v) is 8.89. The van der Waals surface area contributed by atoms with E-state index in [-0.39, 0.29) is 5.91 Å². The lowest BCUT2D eigenvalue weighted by molar-refractivity contribution is 0.0952. The van der Waals surface area contributed by atoms with Crippen molar-refractivity contribution >= 4 is 68.9 Å². The van der Waals surface area contributed by atoms with Crippen molar-refractivity contribution in [2.75, 3.05) is 7.11 Å². The predicted molar refractivity (Wildman–Crippen MR) is 136 cm³/mol. The third kappa shape index (κ3) is 6.08. The molecule has 0 spiro atoms. The quantitative estimate of drug-likeness (QED) is 0.198. The highest BCUT2D eigenvalue weighted by Crippen LogP contribution is 2.29. The molecule has 1 N–H and O–H groups in total. The van der Waals surface area contributed by atoms with Crippen LogP contribution in [-0.2, 0) is 6.61 Å². The van der Waals surface area contributed by atoms with Crippen LogP contribution in [0, 0.1) is 7.14 Å². The Morgan fingerprint density at radius 3 is 2.43 bits per heavy atom. The van der Waals surface area contributed by atoms with Gasteiger partial charge in [-0.3, -0.25) is 4.79 Å². The molecule has 0 fully saturated rings. The molecule has 0 aromatic heterocycles. The van der Waals surface area contributed by atoms with Gasteiger partial charge in [-0.05, 0) is 92.7 Å². The highest BCUT2D eigenvalue weighted by molar-refractivity contribution is 14.1. The van der Waals surface area contributed by atoms with Gasteiger partial charge in [0.05, 0.1) is 26.0 Å². The van der Waals surface area contributed by atoms with E-state index in [0.717, 1.165) is 24.0 Å². The largest absolute Gasteiger partial charge is 0.496 e. The first-order chi connectivity index (χ1) is 14.5. The average Bonchev–Trinajstić information content (AvgIpc) is 2.74. The molecular formula is C22H17ClI2N2O3. The number of hydrogen-bond acceptors (Lipinski definition) is 4. The second kappa shape index (κ2) is 11.0. The zero-order chi connectivity index (χ0) is 21.5. The van der Waals surface area contributed by atoms with E-state index in [4.69, 9.17) is 21.1 Å². The average molecular weight is 647 g/mol. The lowest BCUT2D eigenvalue weighted by Crippen LogP contribution is -2.18. The number of nitrogens with zero attached hydrogens (tertiary/aromatic N) is 1. The molecule has 0 radical (unpaired) electrons. The first-order valence-corrected chi connectivity index (χ1v) is 11.3. The topological polar surface area (TPSA) is 59.9 Å². The van der Waals surface area contributed by atoms with E-state index in [2.05, 4.69) is 55.7 Å². The number of hydrogen-bond donors (Lipinski definition) is 1. The van der Waals surface area contributed by atoms with Gasteiger partial charge < -0.3 is 9.47 Å². The Bertz CT molecular complexity index is 1050. The van der Waals surface area contributed by atoms with Crippen LogP contribution < -0.4 is 14.9 Å². The molecule has 0 unspecified atom stereocenters. The minimum absolute atomic E-state index is 0.337. The molecule has 0 aliphatic rings. The summed E-state index contributed by atoms with van der Waals surface area (Å²) in [5.41, 5.74) is 4.84. The van der Waals surface area contributed by atoms with Crippen molar-refractivity contribution in [1.82, 2.24) is 5.43 Å². The van der Waals surface area contributed by atoms with Crippen LogP contribution in [0.2, 0.25) is 5.02 Å². The van der Waals surface area contributed by atoms with Crippen LogP contribution in [0.3, 0.4) is 0 Å². The Labute approximate surface area is 207 Å². The van der Waals surface area contributed by atoms with E-state index < -0.39 is 0 Å². The molecule has 1 amide bonds. The number of methoxy groups -OCH3 is 1. The van der Waals surface area contributed by atoms with Gasteiger partial charge >= 0.3 is 0 Å². The van der Waals surface area contributed by atoms with Crippen molar-refractivity contribution in [2.45, 2.75) is 6.61 Å². The van der Waals surface area contributed by atoms with Crippen molar-refractivity contribution < 1.29 is 14.3 Å². The van der Waals surface area contributed by atoms with Crippen molar-refractivity contribution in [3.8, 4) is 11.5 Å². The van der Waals surface area contributed by atoms with Gasteiger partial charge in [-0.2, -0.15) is 5.10 Å². The molecule has 0 atom stereocenters. The first kappa shape index (κ1) is 22.8. The molecule has 8 heteroatoms. The van der Waals surface area contributed by atoms with E-state index >= 15 is 0 Å². The summed E-state index contributed by atoms with van der Waals surface area (Å²) in [5, 5.41) is 4.77. The van der Waals surface area contributed by atoms with Crippen molar-refractivity contribution in [3.63, 3.8) is 0 Å². The third-order valence-corrected chi connectivity index (χ3v) is 5.90. The maximum absolute atomic E-state index is 12.3. The van der Waals surface area contributed by atoms with Crippen molar-refractivity contribution in [2.24, 2.45) is 5.10 Å². The van der Waals surface area contributed by atoms with Gasteiger partial charge in [-0.15, -0.1) is 0 Å². The number of benzene rings is 3. The van der Waals surface area contributed by atoms with Crippen molar-refractivity contribution in [1.29, 1.82) is 0 Å². The minimum atomic E-state index is -0.337. The van der Waals surface area contributed by atoms with Crippen LogP contribution in [0.15, 0.2) is 65.8 Å². The van der Waals surface area contributed by atoms with Gasteiger partial charge in [0.1, 0.15) is 18.1 Å². The zero-order valence-electron chi connectivity index (χ0n) is 15.9. The molecule has 0 saturated heterocycles. The van der Waals surface area contributed by atoms with Crippen LogP contribution >= 0.6 is 56.8 Å². The highest BCUT2D eigenvalue weighted by Gasteiger charge is 2.11. The Hall–Kier alpha value is -1.85. The highest BCUT2D eigenvalue weighted by atomic mass is 127. The summed E-state index contributed by atoms with van der Waals surface area (Å²) >= 11 is 10.4. The van der Waals surface area contributed by atoms with Crippen LogP contribution in [0.1, 0.15) is 21.5 Å². The summed E-state index contributed by atoms with van der Waals surface area (Å²) in [6.45, 7) is 0.450.